The van der Waals surface area contributed by atoms with E-state index in [9.17, 15) is 24.5 Å². The molecule has 11 nitrogen and oxygen atoms in total. The van der Waals surface area contributed by atoms with Crippen molar-refractivity contribution in [3.63, 3.8) is 0 Å². The van der Waals surface area contributed by atoms with Gasteiger partial charge in [-0.25, -0.2) is 9.37 Å². The van der Waals surface area contributed by atoms with Gasteiger partial charge < -0.3 is 14.4 Å². The Balaban J connectivity index is 1.17. The maximum atomic E-state index is 16.0. The van der Waals surface area contributed by atoms with E-state index < -0.39 is 22.1 Å². The fourth-order valence-corrected chi connectivity index (χ4v) is 7.61. The third-order valence-electron chi connectivity index (χ3n) is 9.68. The largest absolute Gasteiger partial charge is 0.366 e. The molecule has 2 amide bonds. The molecule has 0 bridgehead atoms. The standard InChI is InChI=1S/C41H37FN6O5S/c1-3-44-25-33(40(51)47(31-11-7-8-27(2)22-31)41-43-35(26-54-41)29-13-15-30(16-14-29)48(52)53)39(50)32-23-34(42)37(24-36(32)44)45-18-20-46(21-19-45)38(49)17-12-28-9-5-4-6-10-28/h4-11,13-16,22-26H,3,12,17-21H2,1-2H3. The number of fused-ring (bicyclic) bond motifs is 1. The molecule has 0 saturated carbocycles. The van der Waals surface area contributed by atoms with Gasteiger partial charge in [0.15, 0.2) is 5.13 Å². The smallest absolute Gasteiger partial charge is 0.270 e. The molecule has 0 spiro atoms. The van der Waals surface area contributed by atoms with Crippen LogP contribution in [0.1, 0.15) is 34.8 Å². The Morgan fingerprint density at radius 2 is 1.70 bits per heavy atom. The number of carbonyl (C=O) groups excluding carboxylic acids is 2. The summed E-state index contributed by atoms with van der Waals surface area (Å²) in [4.78, 5) is 62.1. The molecule has 54 heavy (non-hydrogen) atoms. The lowest BCUT2D eigenvalue weighted by Gasteiger charge is -2.36. The van der Waals surface area contributed by atoms with Gasteiger partial charge in [0.2, 0.25) is 11.3 Å². The van der Waals surface area contributed by atoms with E-state index in [1.165, 1.54) is 40.6 Å². The predicted octanol–water partition coefficient (Wildman–Crippen LogP) is 7.76. The van der Waals surface area contributed by atoms with Crippen LogP contribution in [0.2, 0.25) is 0 Å². The summed E-state index contributed by atoms with van der Waals surface area (Å²) in [6, 6.07) is 26.0. The molecule has 0 aliphatic carbocycles. The van der Waals surface area contributed by atoms with E-state index in [2.05, 4.69) is 0 Å². The van der Waals surface area contributed by atoms with Crippen LogP contribution < -0.4 is 15.2 Å². The SMILES string of the molecule is CCn1cc(C(=O)N(c2cccc(C)c2)c2nc(-c3ccc([N+](=O)[O-])cc3)cs2)c(=O)c2cc(F)c(N3CCN(C(=O)CCc4ccccc4)CC3)cc21. The van der Waals surface area contributed by atoms with Crippen LogP contribution in [0.15, 0.2) is 107 Å². The molecular weight excluding hydrogens is 708 g/mol. The van der Waals surface area contributed by atoms with E-state index in [1.807, 2.05) is 66.1 Å². The second kappa shape index (κ2) is 15.4. The molecular formula is C41H37FN6O5S. The number of aryl methyl sites for hydroxylation is 3. The Labute approximate surface area is 314 Å². The number of hydrogen-bond acceptors (Lipinski definition) is 8. The average Bonchev–Trinajstić information content (AvgIpc) is 3.67. The fourth-order valence-electron chi connectivity index (χ4n) is 6.76. The van der Waals surface area contributed by atoms with E-state index >= 15 is 4.39 Å². The van der Waals surface area contributed by atoms with Gasteiger partial charge in [0.1, 0.15) is 11.4 Å². The first-order valence-corrected chi connectivity index (χ1v) is 18.5. The number of halogens is 1. The Kier molecular flexibility index (Phi) is 10.3. The summed E-state index contributed by atoms with van der Waals surface area (Å²) >= 11 is 1.19. The van der Waals surface area contributed by atoms with E-state index in [-0.39, 0.29) is 22.5 Å². The van der Waals surface area contributed by atoms with Gasteiger partial charge in [-0.15, -0.1) is 11.3 Å². The number of rotatable bonds is 10. The summed E-state index contributed by atoms with van der Waals surface area (Å²) < 4.78 is 17.7. The first-order valence-electron chi connectivity index (χ1n) is 17.7. The summed E-state index contributed by atoms with van der Waals surface area (Å²) in [5.41, 5.74) is 3.64. The van der Waals surface area contributed by atoms with Crippen LogP contribution in [-0.2, 0) is 17.8 Å². The molecule has 7 rings (SSSR count). The Morgan fingerprint density at radius 3 is 2.39 bits per heavy atom. The number of nitro groups is 1. The van der Waals surface area contributed by atoms with Crippen molar-refractivity contribution in [3.8, 4) is 11.3 Å². The molecule has 0 N–H and O–H groups in total. The number of amides is 2. The predicted molar refractivity (Wildman–Crippen MR) is 209 cm³/mol. The molecule has 4 aromatic carbocycles. The minimum absolute atomic E-state index is 0.0537. The van der Waals surface area contributed by atoms with Crippen molar-refractivity contribution in [2.75, 3.05) is 36.0 Å². The van der Waals surface area contributed by atoms with Crippen molar-refractivity contribution in [3.05, 3.63) is 145 Å². The molecule has 274 valence electrons. The number of carbonyl (C=O) groups is 2. The van der Waals surface area contributed by atoms with E-state index in [4.69, 9.17) is 4.98 Å². The molecule has 3 heterocycles. The molecule has 0 atom stereocenters. The molecule has 6 aromatic rings. The minimum Gasteiger partial charge on any atom is -0.366 e. The molecule has 13 heteroatoms. The maximum absolute atomic E-state index is 16.0. The molecule has 2 aromatic heterocycles. The third-order valence-corrected chi connectivity index (χ3v) is 10.5. The summed E-state index contributed by atoms with van der Waals surface area (Å²) in [5.74, 6) is -1.15. The second-order valence-corrected chi connectivity index (χ2v) is 14.0. The normalized spacial score (nSPS) is 12.9. The highest BCUT2D eigenvalue weighted by atomic mass is 32.1. The van der Waals surface area contributed by atoms with Crippen LogP contribution in [-0.4, -0.2) is 57.4 Å². The summed E-state index contributed by atoms with van der Waals surface area (Å²) in [7, 11) is 0. The minimum atomic E-state index is -0.628. The summed E-state index contributed by atoms with van der Waals surface area (Å²) in [5, 5.41) is 13.3. The Hall–Kier alpha value is -6.21. The quantitative estimate of drug-likeness (QED) is 0.104. The number of hydrogen-bond donors (Lipinski definition) is 0. The van der Waals surface area contributed by atoms with Gasteiger partial charge in [0, 0.05) is 73.8 Å². The Bertz CT molecular complexity index is 2420. The zero-order valence-electron chi connectivity index (χ0n) is 29.8. The molecule has 1 fully saturated rings. The van der Waals surface area contributed by atoms with Crippen LogP contribution in [0.3, 0.4) is 0 Å². The molecule has 1 aliphatic rings. The van der Waals surface area contributed by atoms with E-state index in [0.29, 0.717) is 78.8 Å². The summed E-state index contributed by atoms with van der Waals surface area (Å²) in [6.07, 6.45) is 2.59. The molecule has 0 unspecified atom stereocenters. The highest BCUT2D eigenvalue weighted by Crippen LogP contribution is 2.35. The number of non-ortho nitro benzene ring substituents is 1. The van der Waals surface area contributed by atoms with Crippen molar-refractivity contribution in [2.24, 2.45) is 0 Å². The van der Waals surface area contributed by atoms with Gasteiger partial charge in [0.25, 0.3) is 11.6 Å². The lowest BCUT2D eigenvalue weighted by atomic mass is 10.1. The fraction of sp³-hybridized carbons (Fsp3) is 0.220. The first kappa shape index (κ1) is 36.2. The third kappa shape index (κ3) is 7.35. The number of thiazole rings is 1. The number of nitro benzene ring substituents is 1. The van der Waals surface area contributed by atoms with Gasteiger partial charge >= 0.3 is 0 Å². The van der Waals surface area contributed by atoms with Crippen molar-refractivity contribution >= 4 is 56.2 Å². The zero-order chi connectivity index (χ0) is 37.9. The number of aromatic nitrogens is 2. The number of piperazine rings is 1. The van der Waals surface area contributed by atoms with Gasteiger partial charge in [0.05, 0.1) is 27.5 Å². The number of nitrogens with zero attached hydrogens (tertiary/aromatic N) is 6. The van der Waals surface area contributed by atoms with E-state index in [0.717, 1.165) is 11.1 Å². The van der Waals surface area contributed by atoms with E-state index in [1.54, 1.807) is 40.3 Å². The van der Waals surface area contributed by atoms with Gasteiger partial charge in [-0.1, -0.05) is 42.5 Å². The van der Waals surface area contributed by atoms with Gasteiger partial charge in [-0.3, -0.25) is 29.4 Å². The molecule has 1 aliphatic heterocycles. The molecule has 1 saturated heterocycles. The zero-order valence-corrected chi connectivity index (χ0v) is 30.6. The number of pyridine rings is 1. The second-order valence-electron chi connectivity index (χ2n) is 13.1. The van der Waals surface area contributed by atoms with Crippen molar-refractivity contribution in [2.45, 2.75) is 33.2 Å². The van der Waals surface area contributed by atoms with Crippen molar-refractivity contribution in [1.82, 2.24) is 14.5 Å². The Morgan fingerprint density at radius 1 is 0.963 bits per heavy atom. The number of anilines is 3. The van der Waals surface area contributed by atoms with Crippen LogP contribution in [0.25, 0.3) is 22.2 Å². The lowest BCUT2D eigenvalue weighted by Crippen LogP contribution is -2.49. The van der Waals surface area contributed by atoms with Crippen molar-refractivity contribution in [1.29, 1.82) is 0 Å². The van der Waals surface area contributed by atoms with Crippen molar-refractivity contribution < 1.29 is 18.9 Å². The monoisotopic (exact) mass is 744 g/mol. The van der Waals surface area contributed by atoms with Crippen LogP contribution >= 0.6 is 11.3 Å². The van der Waals surface area contributed by atoms with Crippen LogP contribution in [0.4, 0.5) is 26.6 Å². The van der Waals surface area contributed by atoms with Gasteiger partial charge in [-0.05, 0) is 67.8 Å². The highest BCUT2D eigenvalue weighted by Gasteiger charge is 2.29. The lowest BCUT2D eigenvalue weighted by molar-refractivity contribution is -0.384. The topological polar surface area (TPSA) is 122 Å². The summed E-state index contributed by atoms with van der Waals surface area (Å²) in [6.45, 7) is 5.96. The first-order chi connectivity index (χ1) is 26.1. The average molecular weight is 745 g/mol. The van der Waals surface area contributed by atoms with Crippen LogP contribution in [0.5, 0.6) is 0 Å². The highest BCUT2D eigenvalue weighted by molar-refractivity contribution is 7.14. The van der Waals surface area contributed by atoms with Crippen LogP contribution in [0, 0.1) is 22.9 Å². The maximum Gasteiger partial charge on any atom is 0.270 e. The van der Waals surface area contributed by atoms with Gasteiger partial charge in [-0.2, -0.15) is 0 Å². The number of benzene rings is 4. The molecule has 0 radical (unpaired) electrons.